The van der Waals surface area contributed by atoms with Gasteiger partial charge in [-0.1, -0.05) is 5.16 Å². The Labute approximate surface area is 99.7 Å². The summed E-state index contributed by atoms with van der Waals surface area (Å²) in [5.41, 5.74) is 2.32. The Hall–Kier alpha value is -2.35. The number of nitrogens with zero attached hydrogens (tertiary/aromatic N) is 2. The van der Waals surface area contributed by atoms with Crippen molar-refractivity contribution < 1.29 is 9.63 Å². The minimum Gasteiger partial charge on any atom is -0.399 e. The van der Waals surface area contributed by atoms with Gasteiger partial charge in [0.2, 0.25) is 5.91 Å². The van der Waals surface area contributed by atoms with Crippen LogP contribution >= 0.6 is 0 Å². The molecule has 0 aliphatic carbocycles. The summed E-state index contributed by atoms with van der Waals surface area (Å²) in [5.74, 6) is -0.177. The van der Waals surface area contributed by atoms with Gasteiger partial charge in [-0.15, -0.1) is 0 Å². The molecule has 0 atom stereocenters. The van der Waals surface area contributed by atoms with Crippen molar-refractivity contribution in [2.75, 3.05) is 12.4 Å². The molecular formula is C12H13N3O2. The van der Waals surface area contributed by atoms with Crippen LogP contribution in [-0.4, -0.2) is 18.7 Å². The third-order valence-electron chi connectivity index (χ3n) is 2.08. The fourth-order valence-electron chi connectivity index (χ4n) is 1.42. The number of nitrogens with one attached hydrogen (secondary N) is 1. The van der Waals surface area contributed by atoms with Crippen LogP contribution in [0.2, 0.25) is 0 Å². The first-order valence-corrected chi connectivity index (χ1v) is 4.98. The number of hydrogen-bond donors (Lipinski definition) is 1. The summed E-state index contributed by atoms with van der Waals surface area (Å²) < 4.78 is 0. The summed E-state index contributed by atoms with van der Waals surface area (Å²) in [6, 6.07) is 7.10. The van der Waals surface area contributed by atoms with Crippen molar-refractivity contribution in [3.63, 3.8) is 0 Å². The molecule has 1 aromatic rings. The van der Waals surface area contributed by atoms with Gasteiger partial charge in [0.1, 0.15) is 7.11 Å². The molecular weight excluding hydrogens is 218 g/mol. The minimum absolute atomic E-state index is 0.177. The number of rotatable bonds is 3. The molecule has 0 heterocycles. The fraction of sp³-hybridized carbons (Fsp3) is 0.250. The maximum absolute atomic E-state index is 10.9. The number of amides is 1. The Morgan fingerprint density at radius 1 is 1.47 bits per heavy atom. The number of nitriles is 1. The van der Waals surface area contributed by atoms with Crippen LogP contribution in [0.4, 0.5) is 5.69 Å². The molecule has 17 heavy (non-hydrogen) atoms. The third kappa shape index (κ3) is 3.31. The zero-order valence-electron chi connectivity index (χ0n) is 9.94. The van der Waals surface area contributed by atoms with Gasteiger partial charge in [-0.25, -0.2) is 0 Å². The Balaban J connectivity index is 3.15. The van der Waals surface area contributed by atoms with Gasteiger partial charge in [0.15, 0.2) is 0 Å². The van der Waals surface area contributed by atoms with E-state index in [0.717, 1.165) is 0 Å². The van der Waals surface area contributed by atoms with Crippen molar-refractivity contribution in [3.8, 4) is 6.07 Å². The normalized spacial score (nSPS) is 10.6. The quantitative estimate of drug-likeness (QED) is 0.637. The standard InChI is InChI=1S/C12H13N3O2/c1-8(15-17-3)12-5-4-11(14-9(2)16)6-10(12)7-13/h4-6H,1-3H3,(H,14,16)/b15-8-. The van der Waals surface area contributed by atoms with Crippen molar-refractivity contribution in [2.24, 2.45) is 5.16 Å². The summed E-state index contributed by atoms with van der Waals surface area (Å²) >= 11 is 0. The maximum Gasteiger partial charge on any atom is 0.221 e. The molecule has 0 aliphatic heterocycles. The Morgan fingerprint density at radius 2 is 2.18 bits per heavy atom. The minimum atomic E-state index is -0.177. The summed E-state index contributed by atoms with van der Waals surface area (Å²) in [6.07, 6.45) is 0. The summed E-state index contributed by atoms with van der Waals surface area (Å²) in [6.45, 7) is 3.16. The lowest BCUT2D eigenvalue weighted by Gasteiger charge is -2.06. The number of carbonyl (C=O) groups is 1. The molecule has 0 unspecified atom stereocenters. The molecule has 0 aliphatic rings. The molecule has 1 amide bonds. The van der Waals surface area contributed by atoms with E-state index in [1.165, 1.54) is 14.0 Å². The fourth-order valence-corrected chi connectivity index (χ4v) is 1.42. The van der Waals surface area contributed by atoms with E-state index < -0.39 is 0 Å². The van der Waals surface area contributed by atoms with Gasteiger partial charge >= 0.3 is 0 Å². The molecule has 1 N–H and O–H groups in total. The molecule has 88 valence electrons. The zero-order valence-corrected chi connectivity index (χ0v) is 9.94. The first kappa shape index (κ1) is 12.7. The van der Waals surface area contributed by atoms with Crippen LogP contribution < -0.4 is 5.32 Å². The van der Waals surface area contributed by atoms with Gasteiger partial charge < -0.3 is 10.2 Å². The molecule has 0 fully saturated rings. The van der Waals surface area contributed by atoms with Crippen molar-refractivity contribution in [1.29, 1.82) is 5.26 Å². The second-order valence-electron chi connectivity index (χ2n) is 3.41. The highest BCUT2D eigenvalue weighted by Gasteiger charge is 2.07. The van der Waals surface area contributed by atoms with Crippen LogP contribution in [-0.2, 0) is 9.63 Å². The van der Waals surface area contributed by atoms with E-state index in [1.54, 1.807) is 25.1 Å². The van der Waals surface area contributed by atoms with Crippen LogP contribution in [0.5, 0.6) is 0 Å². The predicted molar refractivity (Wildman–Crippen MR) is 64.7 cm³/mol. The van der Waals surface area contributed by atoms with E-state index in [2.05, 4.69) is 21.4 Å². The molecule has 0 aromatic heterocycles. The van der Waals surface area contributed by atoms with Gasteiger partial charge in [-0.3, -0.25) is 4.79 Å². The molecule has 1 rings (SSSR count). The average Bonchev–Trinajstić information content (AvgIpc) is 2.28. The van der Waals surface area contributed by atoms with Crippen LogP contribution in [0.25, 0.3) is 0 Å². The number of anilines is 1. The number of carbonyl (C=O) groups excluding carboxylic acids is 1. The third-order valence-corrected chi connectivity index (χ3v) is 2.08. The summed E-state index contributed by atoms with van der Waals surface area (Å²) in [7, 11) is 1.45. The van der Waals surface area contributed by atoms with Crippen molar-refractivity contribution >= 4 is 17.3 Å². The van der Waals surface area contributed by atoms with Gasteiger partial charge in [0.05, 0.1) is 17.3 Å². The molecule has 0 saturated carbocycles. The highest BCUT2D eigenvalue weighted by molar-refractivity contribution is 6.01. The largest absolute Gasteiger partial charge is 0.399 e. The van der Waals surface area contributed by atoms with E-state index >= 15 is 0 Å². The SMILES string of the molecule is CO/N=C(/C)c1ccc(NC(C)=O)cc1C#N. The first-order chi connectivity index (χ1) is 8.08. The van der Waals surface area contributed by atoms with Gasteiger partial charge in [0.25, 0.3) is 0 Å². The summed E-state index contributed by atoms with van der Waals surface area (Å²) in [5, 5.41) is 15.4. The Bertz CT molecular complexity index is 501. The zero-order chi connectivity index (χ0) is 12.8. The number of oxime groups is 1. The van der Waals surface area contributed by atoms with E-state index in [-0.39, 0.29) is 5.91 Å². The van der Waals surface area contributed by atoms with E-state index in [4.69, 9.17) is 5.26 Å². The van der Waals surface area contributed by atoms with Gasteiger partial charge in [-0.05, 0) is 25.1 Å². The molecule has 5 nitrogen and oxygen atoms in total. The second kappa shape index (κ2) is 5.66. The van der Waals surface area contributed by atoms with E-state index in [9.17, 15) is 4.79 Å². The molecule has 1 aromatic carbocycles. The number of hydrogen-bond acceptors (Lipinski definition) is 4. The topological polar surface area (TPSA) is 74.5 Å². The van der Waals surface area contributed by atoms with Crippen LogP contribution in [0.3, 0.4) is 0 Å². The Morgan fingerprint density at radius 3 is 2.71 bits per heavy atom. The second-order valence-corrected chi connectivity index (χ2v) is 3.41. The van der Waals surface area contributed by atoms with Crippen LogP contribution in [0.15, 0.2) is 23.4 Å². The van der Waals surface area contributed by atoms with Crippen LogP contribution in [0.1, 0.15) is 25.0 Å². The van der Waals surface area contributed by atoms with E-state index in [0.29, 0.717) is 22.5 Å². The summed E-state index contributed by atoms with van der Waals surface area (Å²) in [4.78, 5) is 15.6. The highest BCUT2D eigenvalue weighted by Crippen LogP contribution is 2.16. The monoisotopic (exact) mass is 231 g/mol. The predicted octanol–water partition coefficient (Wildman–Crippen LogP) is 1.89. The molecule has 0 saturated heterocycles. The highest BCUT2D eigenvalue weighted by atomic mass is 16.6. The molecule has 0 spiro atoms. The first-order valence-electron chi connectivity index (χ1n) is 4.98. The van der Waals surface area contributed by atoms with Crippen molar-refractivity contribution in [1.82, 2.24) is 0 Å². The van der Waals surface area contributed by atoms with E-state index in [1.807, 2.05) is 0 Å². The lowest BCUT2D eigenvalue weighted by atomic mass is 10.0. The molecule has 0 radical (unpaired) electrons. The number of benzene rings is 1. The Kier molecular flexibility index (Phi) is 4.23. The molecule has 0 bridgehead atoms. The van der Waals surface area contributed by atoms with Crippen molar-refractivity contribution in [3.05, 3.63) is 29.3 Å². The average molecular weight is 231 g/mol. The van der Waals surface area contributed by atoms with Gasteiger partial charge in [0, 0.05) is 18.2 Å². The lowest BCUT2D eigenvalue weighted by Crippen LogP contribution is -2.07. The van der Waals surface area contributed by atoms with Crippen LogP contribution in [0, 0.1) is 11.3 Å². The van der Waals surface area contributed by atoms with Gasteiger partial charge in [-0.2, -0.15) is 5.26 Å². The van der Waals surface area contributed by atoms with Crippen molar-refractivity contribution in [2.45, 2.75) is 13.8 Å². The lowest BCUT2D eigenvalue weighted by molar-refractivity contribution is -0.114. The molecule has 5 heteroatoms. The smallest absolute Gasteiger partial charge is 0.221 e. The maximum atomic E-state index is 10.9.